The molecule has 0 spiro atoms. The number of hydrogen-bond acceptors (Lipinski definition) is 4. The van der Waals surface area contributed by atoms with Gasteiger partial charge in [0.15, 0.2) is 0 Å². The van der Waals surface area contributed by atoms with Crippen molar-refractivity contribution in [2.24, 2.45) is 5.41 Å². The standard InChI is InChI=1S/C15H24N2O3S/c1-14(2,13(19)20)15(3,4)17-10-12(18)16-8-7-11-6-5-9-21-11/h5-6,9,17H,7-8,10H2,1-4H3,(H,16,18)(H,19,20). The van der Waals surface area contributed by atoms with Crippen molar-refractivity contribution in [3.8, 4) is 0 Å². The average Bonchev–Trinajstić information content (AvgIpc) is 2.89. The predicted octanol–water partition coefficient (Wildman–Crippen LogP) is 1.89. The molecule has 21 heavy (non-hydrogen) atoms. The Kier molecular flexibility index (Phi) is 5.92. The molecule has 6 heteroatoms. The van der Waals surface area contributed by atoms with Crippen LogP contribution < -0.4 is 10.6 Å². The predicted molar refractivity (Wildman–Crippen MR) is 84.5 cm³/mol. The molecule has 0 radical (unpaired) electrons. The largest absolute Gasteiger partial charge is 0.481 e. The number of carboxylic acid groups (broad SMARTS) is 1. The van der Waals surface area contributed by atoms with Crippen molar-refractivity contribution in [3.05, 3.63) is 22.4 Å². The van der Waals surface area contributed by atoms with E-state index >= 15 is 0 Å². The second-order valence-corrected chi connectivity index (χ2v) is 7.12. The van der Waals surface area contributed by atoms with Crippen LogP contribution in [-0.2, 0) is 16.0 Å². The van der Waals surface area contributed by atoms with Gasteiger partial charge in [0, 0.05) is 17.0 Å². The zero-order valence-electron chi connectivity index (χ0n) is 13.0. The highest BCUT2D eigenvalue weighted by Gasteiger charge is 2.43. The Hall–Kier alpha value is -1.40. The van der Waals surface area contributed by atoms with Crippen molar-refractivity contribution in [2.45, 2.75) is 39.7 Å². The van der Waals surface area contributed by atoms with Crippen LogP contribution in [0.5, 0.6) is 0 Å². The molecule has 1 rings (SSSR count). The molecule has 1 aromatic heterocycles. The minimum Gasteiger partial charge on any atom is -0.481 e. The van der Waals surface area contributed by atoms with Gasteiger partial charge in [-0.15, -0.1) is 11.3 Å². The van der Waals surface area contributed by atoms with E-state index in [0.717, 1.165) is 6.42 Å². The number of rotatable bonds is 8. The molecule has 118 valence electrons. The lowest BCUT2D eigenvalue weighted by atomic mass is 9.74. The number of carboxylic acids is 1. The molecule has 0 fully saturated rings. The molecule has 0 unspecified atom stereocenters. The monoisotopic (exact) mass is 312 g/mol. The van der Waals surface area contributed by atoms with Gasteiger partial charge >= 0.3 is 5.97 Å². The minimum atomic E-state index is -0.968. The molecule has 0 bridgehead atoms. The molecule has 0 aliphatic carbocycles. The topological polar surface area (TPSA) is 78.4 Å². The zero-order chi connectivity index (χ0) is 16.1. The van der Waals surface area contributed by atoms with Crippen molar-refractivity contribution in [1.29, 1.82) is 0 Å². The normalized spacial score (nSPS) is 12.2. The van der Waals surface area contributed by atoms with E-state index in [1.165, 1.54) is 4.88 Å². The van der Waals surface area contributed by atoms with Crippen LogP contribution in [0, 0.1) is 5.41 Å². The van der Waals surface area contributed by atoms with Gasteiger partial charge < -0.3 is 15.7 Å². The van der Waals surface area contributed by atoms with Gasteiger partial charge in [0.2, 0.25) is 5.91 Å². The summed E-state index contributed by atoms with van der Waals surface area (Å²) in [5.74, 6) is -1.01. The van der Waals surface area contributed by atoms with Gasteiger partial charge in [0.25, 0.3) is 0 Å². The number of aliphatic carboxylic acids is 1. The third-order valence-corrected chi connectivity index (χ3v) is 5.00. The number of carbonyl (C=O) groups excluding carboxylic acids is 1. The van der Waals surface area contributed by atoms with Crippen molar-refractivity contribution in [1.82, 2.24) is 10.6 Å². The summed E-state index contributed by atoms with van der Waals surface area (Å²) in [6, 6.07) is 4.02. The molecular formula is C15H24N2O3S. The lowest BCUT2D eigenvalue weighted by Gasteiger charge is -2.38. The first-order valence-corrected chi connectivity index (χ1v) is 7.82. The van der Waals surface area contributed by atoms with Crippen LogP contribution in [0.2, 0.25) is 0 Å². The molecule has 3 N–H and O–H groups in total. The highest BCUT2D eigenvalue weighted by atomic mass is 32.1. The Morgan fingerprint density at radius 3 is 2.48 bits per heavy atom. The van der Waals surface area contributed by atoms with Crippen LogP contribution in [-0.4, -0.2) is 35.6 Å². The quantitative estimate of drug-likeness (QED) is 0.685. The Morgan fingerprint density at radius 2 is 1.95 bits per heavy atom. The van der Waals surface area contributed by atoms with Crippen molar-refractivity contribution >= 4 is 23.2 Å². The lowest BCUT2D eigenvalue weighted by molar-refractivity contribution is -0.151. The molecule has 1 amide bonds. The summed E-state index contributed by atoms with van der Waals surface area (Å²) in [6.07, 6.45) is 0.813. The summed E-state index contributed by atoms with van der Waals surface area (Å²) in [4.78, 5) is 24.3. The Bertz CT molecular complexity index is 481. The van der Waals surface area contributed by atoms with Gasteiger partial charge in [-0.05, 0) is 45.6 Å². The van der Waals surface area contributed by atoms with Crippen LogP contribution in [0.1, 0.15) is 32.6 Å². The smallest absolute Gasteiger partial charge is 0.310 e. The van der Waals surface area contributed by atoms with Crippen LogP contribution in [0.25, 0.3) is 0 Å². The van der Waals surface area contributed by atoms with Crippen LogP contribution in [0.4, 0.5) is 0 Å². The summed E-state index contributed by atoms with van der Waals surface area (Å²) in [5.41, 5.74) is -1.66. The van der Waals surface area contributed by atoms with Gasteiger partial charge in [-0.1, -0.05) is 6.07 Å². The van der Waals surface area contributed by atoms with Crippen molar-refractivity contribution < 1.29 is 14.7 Å². The second-order valence-electron chi connectivity index (χ2n) is 6.09. The Morgan fingerprint density at radius 1 is 1.29 bits per heavy atom. The SMILES string of the molecule is CC(C)(NCC(=O)NCCc1cccs1)C(C)(C)C(=O)O. The summed E-state index contributed by atoms with van der Waals surface area (Å²) in [7, 11) is 0. The third kappa shape index (κ3) is 4.82. The first-order valence-electron chi connectivity index (χ1n) is 6.94. The van der Waals surface area contributed by atoms with E-state index in [4.69, 9.17) is 0 Å². The maximum Gasteiger partial charge on any atom is 0.310 e. The van der Waals surface area contributed by atoms with Gasteiger partial charge in [-0.25, -0.2) is 0 Å². The first kappa shape index (κ1) is 17.7. The van der Waals surface area contributed by atoms with E-state index in [0.29, 0.717) is 6.54 Å². The highest BCUT2D eigenvalue weighted by molar-refractivity contribution is 7.09. The van der Waals surface area contributed by atoms with Gasteiger partial charge in [0.05, 0.1) is 12.0 Å². The third-order valence-electron chi connectivity index (χ3n) is 4.06. The average molecular weight is 312 g/mol. The van der Waals surface area contributed by atoms with Crippen LogP contribution in [0.3, 0.4) is 0 Å². The molecule has 0 aliphatic rings. The summed E-state index contributed by atoms with van der Waals surface area (Å²) >= 11 is 1.67. The molecule has 0 aliphatic heterocycles. The Balaban J connectivity index is 2.36. The lowest BCUT2D eigenvalue weighted by Crippen LogP contribution is -2.57. The van der Waals surface area contributed by atoms with Crippen molar-refractivity contribution in [2.75, 3.05) is 13.1 Å². The summed E-state index contributed by atoms with van der Waals surface area (Å²) < 4.78 is 0. The fraction of sp³-hybridized carbons (Fsp3) is 0.600. The molecule has 1 aromatic rings. The van der Waals surface area contributed by atoms with Gasteiger partial charge in [-0.2, -0.15) is 0 Å². The summed E-state index contributed by atoms with van der Waals surface area (Å²) in [5, 5.41) is 17.1. The number of hydrogen-bond donors (Lipinski definition) is 3. The minimum absolute atomic E-state index is 0.105. The van der Waals surface area contributed by atoms with Crippen LogP contribution >= 0.6 is 11.3 Å². The molecule has 5 nitrogen and oxygen atoms in total. The number of carbonyl (C=O) groups is 2. The second kappa shape index (κ2) is 7.04. The maximum atomic E-state index is 11.8. The number of nitrogens with one attached hydrogen (secondary N) is 2. The van der Waals surface area contributed by atoms with E-state index in [-0.39, 0.29) is 12.5 Å². The van der Waals surface area contributed by atoms with Crippen molar-refractivity contribution in [3.63, 3.8) is 0 Å². The van der Waals surface area contributed by atoms with E-state index in [2.05, 4.69) is 10.6 Å². The molecule has 0 atom stereocenters. The van der Waals surface area contributed by atoms with Crippen LogP contribution in [0.15, 0.2) is 17.5 Å². The molecule has 0 saturated heterocycles. The summed E-state index contributed by atoms with van der Waals surface area (Å²) in [6.45, 7) is 7.58. The van der Waals surface area contributed by atoms with Gasteiger partial charge in [0.1, 0.15) is 0 Å². The number of amides is 1. The molecular weight excluding hydrogens is 288 g/mol. The fourth-order valence-electron chi connectivity index (χ4n) is 1.63. The van der Waals surface area contributed by atoms with E-state index in [1.807, 2.05) is 17.5 Å². The molecule has 0 aromatic carbocycles. The fourth-order valence-corrected chi connectivity index (χ4v) is 2.34. The molecule has 1 heterocycles. The first-order chi connectivity index (χ1) is 9.67. The van der Waals surface area contributed by atoms with E-state index in [1.54, 1.807) is 39.0 Å². The highest BCUT2D eigenvalue weighted by Crippen LogP contribution is 2.30. The zero-order valence-corrected chi connectivity index (χ0v) is 13.8. The van der Waals surface area contributed by atoms with E-state index in [9.17, 15) is 14.7 Å². The molecule has 0 saturated carbocycles. The van der Waals surface area contributed by atoms with E-state index < -0.39 is 16.9 Å². The van der Waals surface area contributed by atoms with Gasteiger partial charge in [-0.3, -0.25) is 9.59 Å². The Labute approximate surface area is 129 Å². The maximum absolute atomic E-state index is 11.8. The number of thiophene rings is 1.